The number of carbonyl (C=O) groups is 1. The van der Waals surface area contributed by atoms with E-state index < -0.39 is 0 Å². The van der Waals surface area contributed by atoms with Crippen molar-refractivity contribution in [3.8, 4) is 0 Å². The number of amides is 1. The molecule has 0 bridgehead atoms. The van der Waals surface area contributed by atoms with Gasteiger partial charge in [0, 0.05) is 18.0 Å². The summed E-state index contributed by atoms with van der Waals surface area (Å²) in [5.74, 6) is -0.0133. The molecule has 1 aromatic heterocycles. The van der Waals surface area contributed by atoms with Crippen molar-refractivity contribution in [2.24, 2.45) is 5.73 Å². The van der Waals surface area contributed by atoms with Gasteiger partial charge in [0.05, 0.1) is 6.04 Å². The fourth-order valence-electron chi connectivity index (χ4n) is 1.49. The molecule has 0 radical (unpaired) electrons. The second-order valence-corrected chi connectivity index (χ2v) is 4.93. The monoisotopic (exact) mass is 241 g/mol. The van der Waals surface area contributed by atoms with Crippen molar-refractivity contribution in [2.75, 3.05) is 6.54 Å². The van der Waals surface area contributed by atoms with E-state index in [9.17, 15) is 4.79 Å². The number of rotatable bonds is 4. The highest BCUT2D eigenvalue weighted by molar-refractivity contribution is 7.09. The van der Waals surface area contributed by atoms with Gasteiger partial charge in [-0.1, -0.05) is 0 Å². The third-order valence-electron chi connectivity index (χ3n) is 2.36. The molecule has 0 aliphatic rings. The summed E-state index contributed by atoms with van der Waals surface area (Å²) in [4.78, 5) is 18.1. The molecule has 4 nitrogen and oxygen atoms in total. The zero-order valence-electron chi connectivity index (χ0n) is 10.2. The predicted octanol–water partition coefficient (Wildman–Crippen LogP) is 2.03. The van der Waals surface area contributed by atoms with E-state index in [1.807, 2.05) is 27.7 Å². The maximum atomic E-state index is 12.1. The van der Waals surface area contributed by atoms with Gasteiger partial charge in [0.1, 0.15) is 10.7 Å². The zero-order valence-corrected chi connectivity index (χ0v) is 11.0. The van der Waals surface area contributed by atoms with Gasteiger partial charge in [-0.2, -0.15) is 0 Å². The molecule has 0 aromatic carbocycles. The van der Waals surface area contributed by atoms with Gasteiger partial charge in [-0.3, -0.25) is 4.79 Å². The average molecular weight is 241 g/mol. The Morgan fingerprint density at radius 2 is 2.19 bits per heavy atom. The predicted molar refractivity (Wildman–Crippen MR) is 66.6 cm³/mol. The first kappa shape index (κ1) is 13.1. The lowest BCUT2D eigenvalue weighted by Crippen LogP contribution is -2.36. The second kappa shape index (κ2) is 5.41. The van der Waals surface area contributed by atoms with Crippen LogP contribution in [0.5, 0.6) is 0 Å². The van der Waals surface area contributed by atoms with Gasteiger partial charge in [0.25, 0.3) is 5.91 Å². The lowest BCUT2D eigenvalue weighted by Gasteiger charge is -2.24. The second-order valence-electron chi connectivity index (χ2n) is 4.04. The SMILES string of the molecule is CCN(C(=O)c1csc(C(C)N)n1)C(C)C. The molecule has 2 N–H and O–H groups in total. The summed E-state index contributed by atoms with van der Waals surface area (Å²) in [6.45, 7) is 8.53. The summed E-state index contributed by atoms with van der Waals surface area (Å²) in [7, 11) is 0. The van der Waals surface area contributed by atoms with Crippen LogP contribution in [0.3, 0.4) is 0 Å². The Balaban J connectivity index is 2.87. The number of thiazole rings is 1. The standard InChI is InChI=1S/C11H19N3OS/c1-5-14(7(2)3)11(15)9-6-16-10(13-9)8(4)12/h6-8H,5,12H2,1-4H3. The van der Waals surface area contributed by atoms with E-state index in [0.717, 1.165) is 5.01 Å². The van der Waals surface area contributed by atoms with Crippen molar-refractivity contribution in [3.63, 3.8) is 0 Å². The highest BCUT2D eigenvalue weighted by Crippen LogP contribution is 2.17. The summed E-state index contributed by atoms with van der Waals surface area (Å²) < 4.78 is 0. The molecule has 5 heteroatoms. The smallest absolute Gasteiger partial charge is 0.273 e. The molecule has 90 valence electrons. The summed E-state index contributed by atoms with van der Waals surface area (Å²) >= 11 is 1.44. The van der Waals surface area contributed by atoms with Crippen molar-refractivity contribution in [1.82, 2.24) is 9.88 Å². The molecule has 1 atom stereocenters. The normalized spacial score (nSPS) is 12.9. The quantitative estimate of drug-likeness (QED) is 0.877. The highest BCUT2D eigenvalue weighted by atomic mass is 32.1. The van der Waals surface area contributed by atoms with E-state index in [2.05, 4.69) is 4.98 Å². The van der Waals surface area contributed by atoms with Gasteiger partial charge in [0.15, 0.2) is 0 Å². The molecule has 1 aromatic rings. The molecule has 0 fully saturated rings. The number of carbonyl (C=O) groups excluding carboxylic acids is 1. The first-order chi connectivity index (χ1) is 7.47. The largest absolute Gasteiger partial charge is 0.335 e. The van der Waals surface area contributed by atoms with Crippen LogP contribution in [0.4, 0.5) is 0 Å². The average Bonchev–Trinajstić information content (AvgIpc) is 2.66. The molecule has 0 aliphatic carbocycles. The Labute approximate surface area is 100 Å². The van der Waals surface area contributed by atoms with Crippen LogP contribution in [0.1, 0.15) is 49.2 Å². The molecule has 16 heavy (non-hydrogen) atoms. The summed E-state index contributed by atoms with van der Waals surface area (Å²) in [5.41, 5.74) is 6.23. The van der Waals surface area contributed by atoms with Crippen LogP contribution in [0.2, 0.25) is 0 Å². The molecule has 0 saturated carbocycles. The van der Waals surface area contributed by atoms with Crippen LogP contribution in [0.15, 0.2) is 5.38 Å². The minimum Gasteiger partial charge on any atom is -0.335 e. The number of hydrogen-bond donors (Lipinski definition) is 1. The van der Waals surface area contributed by atoms with E-state index in [4.69, 9.17) is 5.73 Å². The number of hydrogen-bond acceptors (Lipinski definition) is 4. The Kier molecular flexibility index (Phi) is 4.44. The summed E-state index contributed by atoms with van der Waals surface area (Å²) in [6, 6.07) is 0.0821. The minimum atomic E-state index is -0.110. The van der Waals surface area contributed by atoms with Crippen molar-refractivity contribution >= 4 is 17.2 Å². The fourth-order valence-corrected chi connectivity index (χ4v) is 2.24. The van der Waals surface area contributed by atoms with Crippen molar-refractivity contribution in [1.29, 1.82) is 0 Å². The van der Waals surface area contributed by atoms with E-state index in [1.165, 1.54) is 11.3 Å². The van der Waals surface area contributed by atoms with Crippen LogP contribution in [0, 0.1) is 0 Å². The Morgan fingerprint density at radius 1 is 1.56 bits per heavy atom. The van der Waals surface area contributed by atoms with Crippen molar-refractivity contribution in [2.45, 2.75) is 39.8 Å². The summed E-state index contributed by atoms with van der Waals surface area (Å²) in [6.07, 6.45) is 0. The number of nitrogens with zero attached hydrogens (tertiary/aromatic N) is 2. The lowest BCUT2D eigenvalue weighted by atomic mass is 10.3. The lowest BCUT2D eigenvalue weighted by molar-refractivity contribution is 0.0711. The van der Waals surface area contributed by atoms with E-state index in [1.54, 1.807) is 10.3 Å². The topological polar surface area (TPSA) is 59.2 Å². The first-order valence-electron chi connectivity index (χ1n) is 5.49. The molecular weight excluding hydrogens is 222 g/mol. The van der Waals surface area contributed by atoms with Gasteiger partial charge in [0.2, 0.25) is 0 Å². The van der Waals surface area contributed by atoms with Gasteiger partial charge < -0.3 is 10.6 Å². The number of aromatic nitrogens is 1. The number of nitrogens with two attached hydrogens (primary N) is 1. The maximum Gasteiger partial charge on any atom is 0.273 e. The Morgan fingerprint density at radius 3 is 2.56 bits per heavy atom. The maximum absolute atomic E-state index is 12.1. The van der Waals surface area contributed by atoms with Gasteiger partial charge >= 0.3 is 0 Å². The minimum absolute atomic E-state index is 0.0133. The fraction of sp³-hybridized carbons (Fsp3) is 0.636. The summed E-state index contributed by atoms with van der Waals surface area (Å²) in [5, 5.41) is 2.59. The first-order valence-corrected chi connectivity index (χ1v) is 6.37. The van der Waals surface area contributed by atoms with Crippen molar-refractivity contribution in [3.05, 3.63) is 16.1 Å². The molecule has 0 spiro atoms. The molecule has 1 rings (SSSR count). The molecule has 0 saturated heterocycles. The van der Waals surface area contributed by atoms with Crippen LogP contribution in [-0.4, -0.2) is 28.4 Å². The molecule has 1 unspecified atom stereocenters. The van der Waals surface area contributed by atoms with Crippen molar-refractivity contribution < 1.29 is 4.79 Å². The Hall–Kier alpha value is -0.940. The van der Waals surface area contributed by atoms with Gasteiger partial charge in [-0.25, -0.2) is 4.98 Å². The van der Waals surface area contributed by atoms with Crippen LogP contribution < -0.4 is 5.73 Å². The van der Waals surface area contributed by atoms with Crippen LogP contribution >= 0.6 is 11.3 Å². The Bertz CT molecular complexity index is 360. The molecule has 0 aliphatic heterocycles. The molecule has 1 heterocycles. The third-order valence-corrected chi connectivity index (χ3v) is 3.40. The van der Waals surface area contributed by atoms with Crippen LogP contribution in [0.25, 0.3) is 0 Å². The highest BCUT2D eigenvalue weighted by Gasteiger charge is 2.20. The van der Waals surface area contributed by atoms with Gasteiger partial charge in [-0.15, -0.1) is 11.3 Å². The third kappa shape index (κ3) is 2.80. The van der Waals surface area contributed by atoms with Gasteiger partial charge in [-0.05, 0) is 27.7 Å². The van der Waals surface area contributed by atoms with E-state index >= 15 is 0 Å². The van der Waals surface area contributed by atoms with E-state index in [0.29, 0.717) is 12.2 Å². The molecular formula is C11H19N3OS. The zero-order chi connectivity index (χ0) is 12.3. The molecule has 1 amide bonds. The van der Waals surface area contributed by atoms with Crippen LogP contribution in [-0.2, 0) is 0 Å². The van der Waals surface area contributed by atoms with E-state index in [-0.39, 0.29) is 18.0 Å².